The van der Waals surface area contributed by atoms with Crippen molar-refractivity contribution in [2.45, 2.75) is 43.9 Å². The van der Waals surface area contributed by atoms with Crippen LogP contribution in [0, 0.1) is 30.9 Å². The normalized spacial score (nSPS) is 21.1. The van der Waals surface area contributed by atoms with Crippen molar-refractivity contribution < 1.29 is 0 Å². The number of fused-ring (bicyclic) bond motifs is 1. The zero-order chi connectivity index (χ0) is 36.2. The zero-order valence-corrected chi connectivity index (χ0v) is 29.9. The predicted octanol–water partition coefficient (Wildman–Crippen LogP) is 12.9. The molecule has 0 aliphatic heterocycles. The Balaban J connectivity index is 1.07. The Labute approximate surface area is 316 Å². The van der Waals surface area contributed by atoms with E-state index >= 15 is 0 Å². The van der Waals surface area contributed by atoms with E-state index in [0.717, 1.165) is 61.9 Å². The van der Waals surface area contributed by atoms with E-state index in [1.165, 1.54) is 49.7 Å². The summed E-state index contributed by atoms with van der Waals surface area (Å²) in [4.78, 5) is 22.4. The van der Waals surface area contributed by atoms with Crippen molar-refractivity contribution in [3.63, 3.8) is 0 Å². The van der Waals surface area contributed by atoms with Gasteiger partial charge in [-0.05, 0) is 112 Å². The first-order chi connectivity index (χ1) is 26.5. The van der Waals surface area contributed by atoms with Crippen LogP contribution in [0.25, 0.3) is 76.9 Å². The summed E-state index contributed by atoms with van der Waals surface area (Å²) in [6.45, 7) is 14.7. The van der Waals surface area contributed by atoms with Crippen LogP contribution in [0.15, 0.2) is 133 Å². The number of hydrogen-bond acceptors (Lipinski definition) is 3. The molecule has 0 atom stereocenters. The van der Waals surface area contributed by atoms with Gasteiger partial charge in [-0.3, -0.25) is 0 Å². The van der Waals surface area contributed by atoms with Crippen molar-refractivity contribution in [3.05, 3.63) is 162 Å². The quantitative estimate of drug-likeness (QED) is 0.163. The maximum atomic E-state index is 7.45. The lowest BCUT2D eigenvalue weighted by Gasteiger charge is -2.57. The first-order valence-corrected chi connectivity index (χ1v) is 19.0. The third-order valence-electron chi connectivity index (χ3n) is 12.3. The highest BCUT2D eigenvalue weighted by Gasteiger charge is 2.51. The maximum absolute atomic E-state index is 7.45. The fraction of sp³-hybridized carbons (Fsp3) is 0.204. The zero-order valence-electron chi connectivity index (χ0n) is 29.9. The number of benzene rings is 6. The summed E-state index contributed by atoms with van der Waals surface area (Å²) in [5, 5.41) is 2.21. The van der Waals surface area contributed by atoms with E-state index < -0.39 is 0 Å². The van der Waals surface area contributed by atoms with Crippen molar-refractivity contribution in [3.8, 4) is 56.4 Å². The predicted molar refractivity (Wildman–Crippen MR) is 217 cm³/mol. The van der Waals surface area contributed by atoms with Gasteiger partial charge in [-0.1, -0.05) is 121 Å². The first-order valence-electron chi connectivity index (χ1n) is 19.0. The van der Waals surface area contributed by atoms with E-state index in [1.54, 1.807) is 0 Å². The van der Waals surface area contributed by atoms with Gasteiger partial charge in [0.2, 0.25) is 0 Å². The molecule has 0 spiro atoms. The van der Waals surface area contributed by atoms with Gasteiger partial charge < -0.3 is 0 Å². The molecule has 4 aliphatic carbocycles. The van der Waals surface area contributed by atoms with E-state index in [1.807, 2.05) is 60.7 Å². The molecule has 0 amide bonds. The molecule has 0 N–H and O–H groups in total. The maximum Gasteiger partial charge on any atom is 0.187 e. The summed E-state index contributed by atoms with van der Waals surface area (Å²) < 4.78 is 0. The molecule has 4 fully saturated rings. The van der Waals surface area contributed by atoms with Crippen LogP contribution in [0.1, 0.15) is 44.1 Å². The highest BCUT2D eigenvalue weighted by atomic mass is 15.0. The molecule has 258 valence electrons. The highest BCUT2D eigenvalue weighted by molar-refractivity contribution is 5.99. The van der Waals surface area contributed by atoms with E-state index in [0.29, 0.717) is 34.3 Å². The summed E-state index contributed by atoms with van der Waals surface area (Å²) in [6, 6.07) is 45.8. The van der Waals surface area contributed by atoms with Crippen LogP contribution in [-0.2, 0) is 5.41 Å². The lowest BCUT2D eigenvalue weighted by Crippen LogP contribution is -2.48. The molecule has 4 aliphatic rings. The second-order valence-corrected chi connectivity index (χ2v) is 15.7. The molecular formula is C49H37N5. The monoisotopic (exact) mass is 695 g/mol. The molecule has 0 unspecified atom stereocenters. The van der Waals surface area contributed by atoms with E-state index in [2.05, 4.69) is 82.5 Å². The average Bonchev–Trinajstić information content (AvgIpc) is 3.23. The van der Waals surface area contributed by atoms with Crippen molar-refractivity contribution >= 4 is 22.1 Å². The van der Waals surface area contributed by atoms with Gasteiger partial charge in [-0.2, -0.15) is 0 Å². The van der Waals surface area contributed by atoms with Crippen LogP contribution in [0.3, 0.4) is 0 Å². The van der Waals surface area contributed by atoms with E-state index in [-0.39, 0.29) is 0 Å². The Kier molecular flexibility index (Phi) is 7.70. The van der Waals surface area contributed by atoms with Crippen LogP contribution < -0.4 is 0 Å². The van der Waals surface area contributed by atoms with Crippen LogP contribution in [0.2, 0.25) is 0 Å². The minimum absolute atomic E-state index is 0.369. The molecule has 5 heteroatoms. The number of rotatable bonds is 6. The van der Waals surface area contributed by atoms with Crippen molar-refractivity contribution in [2.75, 3.05) is 0 Å². The lowest BCUT2D eigenvalue weighted by molar-refractivity contribution is -0.00518. The van der Waals surface area contributed by atoms with Gasteiger partial charge in [0.15, 0.2) is 28.8 Å². The molecule has 5 nitrogen and oxygen atoms in total. The Hall–Kier alpha value is -6.43. The second-order valence-electron chi connectivity index (χ2n) is 15.7. The lowest BCUT2D eigenvalue weighted by atomic mass is 9.48. The smallest absolute Gasteiger partial charge is 0.187 e. The van der Waals surface area contributed by atoms with Crippen LogP contribution in [0.4, 0.5) is 11.4 Å². The minimum Gasteiger partial charge on any atom is -0.238 e. The molecule has 54 heavy (non-hydrogen) atoms. The molecule has 11 rings (SSSR count). The molecular weight excluding hydrogens is 659 g/mol. The van der Waals surface area contributed by atoms with Gasteiger partial charge in [-0.15, -0.1) is 0 Å². The van der Waals surface area contributed by atoms with Crippen molar-refractivity contribution in [1.29, 1.82) is 0 Å². The minimum atomic E-state index is 0.369. The Morgan fingerprint density at radius 2 is 0.907 bits per heavy atom. The average molecular weight is 696 g/mol. The van der Waals surface area contributed by atoms with Crippen molar-refractivity contribution in [2.24, 2.45) is 17.8 Å². The third kappa shape index (κ3) is 5.74. The number of aromatic nitrogens is 3. The van der Waals surface area contributed by atoms with Crippen LogP contribution in [0.5, 0.6) is 0 Å². The largest absolute Gasteiger partial charge is 0.238 e. The van der Waals surface area contributed by atoms with E-state index in [9.17, 15) is 0 Å². The Morgan fingerprint density at radius 3 is 1.46 bits per heavy atom. The number of nitrogens with zero attached hydrogens (tertiary/aromatic N) is 5. The molecule has 4 bridgehead atoms. The summed E-state index contributed by atoms with van der Waals surface area (Å²) in [5.74, 6) is 4.49. The standard InChI is InChI=1S/C49H37N5/c1-50-42-19-13-35(14-20-42)34-7-9-37(10-8-34)46-52-47(38-15-21-43(51-2)22-16-38)54-48(53-46)45-27-40(26-39-5-3-4-6-44(39)45)36-11-17-41(18-12-36)49-28-31-23-32(29-49)25-33(24-31)30-49/h3-22,26-27,31-33H,23-25,28-30H2. The SMILES string of the molecule is [C-]#[N+]c1ccc(-c2ccc(-c3nc(-c4ccc([N+]#[C-])cc4)nc(-c4cc(-c5ccc(C67CC8CC(CC(C8)C6)C7)cc5)cc5ccccc45)n3)cc2)cc1. The van der Waals surface area contributed by atoms with Crippen LogP contribution in [-0.4, -0.2) is 15.0 Å². The Bertz CT molecular complexity index is 2590. The highest BCUT2D eigenvalue weighted by Crippen LogP contribution is 2.60. The van der Waals surface area contributed by atoms with Gasteiger partial charge >= 0.3 is 0 Å². The summed E-state index contributed by atoms with van der Waals surface area (Å²) in [7, 11) is 0. The van der Waals surface area contributed by atoms with Gasteiger partial charge in [0.1, 0.15) is 0 Å². The molecule has 4 saturated carbocycles. The third-order valence-corrected chi connectivity index (χ3v) is 12.3. The Morgan fingerprint density at radius 1 is 0.463 bits per heavy atom. The summed E-state index contributed by atoms with van der Waals surface area (Å²) >= 11 is 0. The van der Waals surface area contributed by atoms with Gasteiger partial charge in [-0.25, -0.2) is 24.6 Å². The molecule has 1 heterocycles. The molecule has 6 aromatic carbocycles. The molecule has 1 aromatic heterocycles. The number of hydrogen-bond donors (Lipinski definition) is 0. The topological polar surface area (TPSA) is 47.4 Å². The van der Waals surface area contributed by atoms with E-state index in [4.69, 9.17) is 28.1 Å². The second kappa shape index (κ2) is 12.9. The molecule has 0 radical (unpaired) electrons. The van der Waals surface area contributed by atoms with Gasteiger partial charge in [0, 0.05) is 16.7 Å². The molecule has 0 saturated heterocycles. The fourth-order valence-electron chi connectivity index (χ4n) is 10.1. The van der Waals surface area contributed by atoms with Crippen molar-refractivity contribution in [1.82, 2.24) is 15.0 Å². The summed E-state index contributed by atoms with van der Waals surface area (Å²) in [6.07, 6.45) is 8.45. The first kappa shape index (κ1) is 32.2. The summed E-state index contributed by atoms with van der Waals surface area (Å²) in [5.41, 5.74) is 10.2. The fourth-order valence-corrected chi connectivity index (χ4v) is 10.1. The van der Waals surface area contributed by atoms with Crippen LogP contribution >= 0.6 is 0 Å². The van der Waals surface area contributed by atoms with Gasteiger partial charge in [0.05, 0.1) is 13.1 Å². The molecule has 7 aromatic rings. The van der Waals surface area contributed by atoms with Gasteiger partial charge in [0.25, 0.3) is 0 Å².